The van der Waals surface area contributed by atoms with Gasteiger partial charge < -0.3 is 0 Å². The Kier molecular flexibility index (Phi) is 2.89. The molecular weight excluding hydrogens is 228 g/mol. The zero-order valence-electron chi connectivity index (χ0n) is 6.08. The summed E-state index contributed by atoms with van der Waals surface area (Å²) < 4.78 is -2.21. The Morgan fingerprint density at radius 3 is 2.09 bits per heavy atom. The Morgan fingerprint density at radius 2 is 1.73 bits per heavy atom. The predicted octanol–water partition coefficient (Wildman–Crippen LogP) is 3.02. The Balaban J connectivity index is 2.82. The van der Waals surface area contributed by atoms with Crippen molar-refractivity contribution in [3.63, 3.8) is 0 Å². The zero-order valence-corrected chi connectivity index (χ0v) is 9.10. The second-order valence-corrected chi connectivity index (χ2v) is 5.54. The van der Waals surface area contributed by atoms with E-state index in [0.29, 0.717) is 6.42 Å². The molecule has 0 bridgehead atoms. The fraction of sp³-hybridized carbons (Fsp3) is 1.00. The monoisotopic (exact) mass is 235 g/mol. The molecule has 1 heterocycles. The molecule has 1 fully saturated rings. The highest BCUT2D eigenvalue weighted by Crippen LogP contribution is 2.49. The molecule has 1 saturated heterocycles. The van der Waals surface area contributed by atoms with E-state index in [9.17, 15) is 0 Å². The molecule has 0 aliphatic carbocycles. The first-order valence-electron chi connectivity index (χ1n) is 3.35. The van der Waals surface area contributed by atoms with Gasteiger partial charge in [-0.1, -0.05) is 46.4 Å². The lowest BCUT2D eigenvalue weighted by Gasteiger charge is -2.43. The summed E-state index contributed by atoms with van der Waals surface area (Å²) in [5.74, 6) is 0. The van der Waals surface area contributed by atoms with Crippen LogP contribution in [0.1, 0.15) is 12.8 Å². The van der Waals surface area contributed by atoms with Crippen LogP contribution in [-0.2, 0) is 0 Å². The average Bonchev–Trinajstić information content (AvgIpc) is 1.84. The standard InChI is InChI=1S/C6H9Cl4N/c1-11-4-2-3-5(7,8)6(11,9)10/h2-4H2,1H3. The van der Waals surface area contributed by atoms with Gasteiger partial charge in [0.15, 0.2) is 4.33 Å². The highest BCUT2D eigenvalue weighted by Gasteiger charge is 2.52. The van der Waals surface area contributed by atoms with Gasteiger partial charge in [0.2, 0.25) is 4.46 Å². The number of rotatable bonds is 0. The largest absolute Gasteiger partial charge is 0.273 e. The molecule has 0 unspecified atom stereocenters. The van der Waals surface area contributed by atoms with Crippen molar-refractivity contribution in [3.8, 4) is 0 Å². The van der Waals surface area contributed by atoms with Crippen molar-refractivity contribution >= 4 is 46.4 Å². The molecule has 0 N–H and O–H groups in total. The highest BCUT2D eigenvalue weighted by atomic mass is 35.5. The van der Waals surface area contributed by atoms with Crippen molar-refractivity contribution < 1.29 is 0 Å². The number of hydrogen-bond acceptors (Lipinski definition) is 1. The van der Waals surface area contributed by atoms with Gasteiger partial charge in [-0.25, -0.2) is 0 Å². The van der Waals surface area contributed by atoms with E-state index in [1.807, 2.05) is 0 Å². The van der Waals surface area contributed by atoms with Crippen LogP contribution in [0.3, 0.4) is 0 Å². The van der Waals surface area contributed by atoms with E-state index in [0.717, 1.165) is 13.0 Å². The van der Waals surface area contributed by atoms with Crippen LogP contribution in [0.25, 0.3) is 0 Å². The van der Waals surface area contributed by atoms with Crippen LogP contribution in [0.2, 0.25) is 0 Å². The van der Waals surface area contributed by atoms with Crippen molar-refractivity contribution in [1.82, 2.24) is 4.90 Å². The summed E-state index contributed by atoms with van der Waals surface area (Å²) in [5.41, 5.74) is 0. The lowest BCUT2D eigenvalue weighted by Crippen LogP contribution is -2.53. The molecule has 0 radical (unpaired) electrons. The number of nitrogens with zero attached hydrogens (tertiary/aromatic N) is 1. The van der Waals surface area contributed by atoms with Gasteiger partial charge in [-0.05, 0) is 19.9 Å². The Hall–Kier alpha value is 1.12. The summed E-state index contributed by atoms with van der Waals surface area (Å²) in [6, 6.07) is 0. The topological polar surface area (TPSA) is 3.24 Å². The van der Waals surface area contributed by atoms with Gasteiger partial charge >= 0.3 is 0 Å². The Morgan fingerprint density at radius 1 is 1.18 bits per heavy atom. The first-order chi connectivity index (χ1) is 4.88. The van der Waals surface area contributed by atoms with E-state index in [1.54, 1.807) is 11.9 Å². The first-order valence-corrected chi connectivity index (χ1v) is 4.86. The second kappa shape index (κ2) is 3.12. The minimum Gasteiger partial charge on any atom is -0.273 e. The Labute approximate surface area is 86.5 Å². The summed E-state index contributed by atoms with van der Waals surface area (Å²) in [5, 5.41) is 0. The molecule has 0 saturated carbocycles. The molecule has 1 aliphatic heterocycles. The van der Waals surface area contributed by atoms with Gasteiger partial charge in [0, 0.05) is 6.54 Å². The van der Waals surface area contributed by atoms with Crippen molar-refractivity contribution in [1.29, 1.82) is 0 Å². The third-order valence-corrected chi connectivity index (χ3v) is 4.44. The third kappa shape index (κ3) is 1.73. The molecule has 0 aromatic carbocycles. The molecule has 0 atom stereocenters. The maximum Gasteiger partial charge on any atom is 0.204 e. The minimum absolute atomic E-state index is 0.632. The van der Waals surface area contributed by atoms with Crippen LogP contribution < -0.4 is 0 Å². The third-order valence-electron chi connectivity index (χ3n) is 1.90. The highest BCUT2D eigenvalue weighted by molar-refractivity contribution is 6.62. The number of halogens is 4. The Bertz CT molecular complexity index is 157. The lowest BCUT2D eigenvalue weighted by molar-refractivity contribution is 0.204. The van der Waals surface area contributed by atoms with Crippen molar-refractivity contribution in [2.45, 2.75) is 21.6 Å². The maximum atomic E-state index is 5.94. The zero-order chi connectivity index (χ0) is 8.70. The lowest BCUT2D eigenvalue weighted by atomic mass is 10.1. The van der Waals surface area contributed by atoms with Crippen molar-refractivity contribution in [2.75, 3.05) is 13.6 Å². The van der Waals surface area contributed by atoms with Crippen molar-refractivity contribution in [2.24, 2.45) is 0 Å². The molecule has 0 aromatic heterocycles. The van der Waals surface area contributed by atoms with Gasteiger partial charge in [-0.3, -0.25) is 4.90 Å². The number of likely N-dealkylation sites (tertiary alicyclic amines) is 1. The van der Waals surface area contributed by atoms with Crippen molar-refractivity contribution in [3.05, 3.63) is 0 Å². The van der Waals surface area contributed by atoms with Crippen LogP contribution in [0.4, 0.5) is 0 Å². The molecule has 1 rings (SSSR count). The van der Waals surface area contributed by atoms with E-state index < -0.39 is 8.79 Å². The fourth-order valence-electron chi connectivity index (χ4n) is 1.11. The smallest absolute Gasteiger partial charge is 0.204 e. The molecule has 0 aromatic rings. The molecule has 5 heteroatoms. The van der Waals surface area contributed by atoms with Gasteiger partial charge in [0.25, 0.3) is 0 Å². The van der Waals surface area contributed by atoms with Crippen LogP contribution >= 0.6 is 46.4 Å². The van der Waals surface area contributed by atoms with Gasteiger partial charge in [0.05, 0.1) is 0 Å². The average molecular weight is 237 g/mol. The fourth-order valence-corrected chi connectivity index (χ4v) is 2.02. The van der Waals surface area contributed by atoms with E-state index >= 15 is 0 Å². The molecule has 66 valence electrons. The number of hydrogen-bond donors (Lipinski definition) is 0. The normalized spacial score (nSPS) is 30.3. The van der Waals surface area contributed by atoms with Gasteiger partial charge in [-0.2, -0.15) is 0 Å². The van der Waals surface area contributed by atoms with Crippen LogP contribution in [-0.4, -0.2) is 27.3 Å². The summed E-state index contributed by atoms with van der Waals surface area (Å²) in [4.78, 5) is 1.75. The summed E-state index contributed by atoms with van der Waals surface area (Å²) in [6.07, 6.45) is 1.55. The minimum atomic E-state index is -1.16. The van der Waals surface area contributed by atoms with Crippen LogP contribution in [0, 0.1) is 0 Å². The van der Waals surface area contributed by atoms with Crippen LogP contribution in [0.5, 0.6) is 0 Å². The summed E-state index contributed by atoms with van der Waals surface area (Å²) in [7, 11) is 1.80. The quantitative estimate of drug-likeness (QED) is 0.462. The molecular formula is C6H9Cl4N. The van der Waals surface area contributed by atoms with Gasteiger partial charge in [0.1, 0.15) is 0 Å². The molecule has 1 nitrogen and oxygen atoms in total. The van der Waals surface area contributed by atoms with Crippen LogP contribution in [0.15, 0.2) is 0 Å². The molecule has 11 heavy (non-hydrogen) atoms. The van der Waals surface area contributed by atoms with E-state index in [2.05, 4.69) is 0 Å². The molecule has 1 aliphatic rings. The second-order valence-electron chi connectivity index (χ2n) is 2.77. The number of alkyl halides is 4. The first kappa shape index (κ1) is 10.2. The van der Waals surface area contributed by atoms with Gasteiger partial charge in [-0.15, -0.1) is 0 Å². The molecule has 0 amide bonds. The van der Waals surface area contributed by atoms with E-state index in [1.165, 1.54) is 0 Å². The van der Waals surface area contributed by atoms with E-state index in [4.69, 9.17) is 46.4 Å². The predicted molar refractivity (Wildman–Crippen MR) is 50.7 cm³/mol. The molecule has 0 spiro atoms. The SMILES string of the molecule is CN1CCCC(Cl)(Cl)C1(Cl)Cl. The maximum absolute atomic E-state index is 5.94. The summed E-state index contributed by atoms with van der Waals surface area (Å²) in [6.45, 7) is 0.828. The van der Waals surface area contributed by atoms with E-state index in [-0.39, 0.29) is 0 Å². The number of piperidine rings is 1. The summed E-state index contributed by atoms with van der Waals surface area (Å²) >= 11 is 23.7.